The van der Waals surface area contributed by atoms with Gasteiger partial charge in [-0.15, -0.1) is 0 Å². The normalized spacial score (nSPS) is 11.3. The van der Waals surface area contributed by atoms with Gasteiger partial charge in [-0.05, 0) is 18.2 Å². The van der Waals surface area contributed by atoms with Crippen LogP contribution in [0.3, 0.4) is 0 Å². The highest BCUT2D eigenvalue weighted by molar-refractivity contribution is 6.31. The van der Waals surface area contributed by atoms with E-state index in [1.807, 2.05) is 0 Å². The molecule has 0 bridgehead atoms. The quantitative estimate of drug-likeness (QED) is 0.706. The van der Waals surface area contributed by atoms with Crippen molar-refractivity contribution in [2.45, 2.75) is 6.18 Å². The van der Waals surface area contributed by atoms with E-state index in [4.69, 9.17) is 16.3 Å². The Morgan fingerprint density at radius 3 is 2.47 bits per heavy atom. The first-order valence-electron chi connectivity index (χ1n) is 3.96. The van der Waals surface area contributed by atoms with Crippen LogP contribution in [0.2, 0.25) is 5.02 Å². The standard InChI is InChI=1S/C10H8ClF3O/c1-6(15-2)7-3-4-9(11)8(5-7)10(12,13)14/h3-5H,1H2,2H3. The van der Waals surface area contributed by atoms with Crippen LogP contribution in [-0.4, -0.2) is 7.11 Å². The molecule has 0 amide bonds. The van der Waals surface area contributed by atoms with Gasteiger partial charge in [0, 0.05) is 5.56 Å². The lowest BCUT2D eigenvalue weighted by atomic mass is 10.1. The van der Waals surface area contributed by atoms with Gasteiger partial charge in [0.2, 0.25) is 0 Å². The van der Waals surface area contributed by atoms with Crippen molar-refractivity contribution >= 4 is 17.4 Å². The highest BCUT2D eigenvalue weighted by Crippen LogP contribution is 2.36. The number of alkyl halides is 3. The Labute approximate surface area is 90.1 Å². The Kier molecular flexibility index (Phi) is 3.29. The maximum atomic E-state index is 12.4. The Bertz CT molecular complexity index is 385. The molecule has 0 fully saturated rings. The average molecular weight is 237 g/mol. The second-order valence-corrected chi connectivity index (χ2v) is 3.23. The molecule has 5 heteroatoms. The van der Waals surface area contributed by atoms with Crippen molar-refractivity contribution in [2.24, 2.45) is 0 Å². The number of methoxy groups -OCH3 is 1. The van der Waals surface area contributed by atoms with Crippen molar-refractivity contribution < 1.29 is 17.9 Å². The van der Waals surface area contributed by atoms with E-state index in [-0.39, 0.29) is 16.3 Å². The Morgan fingerprint density at radius 1 is 1.40 bits per heavy atom. The van der Waals surface area contributed by atoms with Gasteiger partial charge >= 0.3 is 6.18 Å². The van der Waals surface area contributed by atoms with Gasteiger partial charge in [0.15, 0.2) is 0 Å². The van der Waals surface area contributed by atoms with E-state index in [0.29, 0.717) is 0 Å². The zero-order chi connectivity index (χ0) is 11.6. The van der Waals surface area contributed by atoms with Crippen molar-refractivity contribution in [1.82, 2.24) is 0 Å². The minimum Gasteiger partial charge on any atom is -0.497 e. The first kappa shape index (κ1) is 11.9. The first-order valence-corrected chi connectivity index (χ1v) is 4.34. The van der Waals surface area contributed by atoms with Gasteiger partial charge in [-0.3, -0.25) is 0 Å². The zero-order valence-electron chi connectivity index (χ0n) is 7.86. The van der Waals surface area contributed by atoms with Gasteiger partial charge in [0.25, 0.3) is 0 Å². The fourth-order valence-electron chi connectivity index (χ4n) is 1.03. The van der Waals surface area contributed by atoms with Crippen molar-refractivity contribution in [3.05, 3.63) is 40.9 Å². The molecular weight excluding hydrogens is 229 g/mol. The largest absolute Gasteiger partial charge is 0.497 e. The van der Waals surface area contributed by atoms with Crippen molar-refractivity contribution in [2.75, 3.05) is 7.11 Å². The van der Waals surface area contributed by atoms with Gasteiger partial charge in [0.05, 0.1) is 17.7 Å². The number of hydrogen-bond acceptors (Lipinski definition) is 1. The van der Waals surface area contributed by atoms with E-state index < -0.39 is 11.7 Å². The maximum absolute atomic E-state index is 12.4. The summed E-state index contributed by atoms with van der Waals surface area (Å²) in [6, 6.07) is 3.50. The third-order valence-corrected chi connectivity index (χ3v) is 2.17. The molecule has 0 unspecified atom stereocenters. The predicted molar refractivity (Wildman–Crippen MR) is 52.5 cm³/mol. The second kappa shape index (κ2) is 4.14. The summed E-state index contributed by atoms with van der Waals surface area (Å²) in [4.78, 5) is 0. The van der Waals surface area contributed by atoms with E-state index in [2.05, 4.69) is 6.58 Å². The molecule has 15 heavy (non-hydrogen) atoms. The molecule has 0 saturated carbocycles. The summed E-state index contributed by atoms with van der Waals surface area (Å²) in [5.41, 5.74) is -0.630. The zero-order valence-corrected chi connectivity index (χ0v) is 8.62. The highest BCUT2D eigenvalue weighted by atomic mass is 35.5. The third kappa shape index (κ3) is 2.65. The van der Waals surface area contributed by atoms with Crippen LogP contribution in [-0.2, 0) is 10.9 Å². The molecule has 0 saturated heterocycles. The van der Waals surface area contributed by atoms with E-state index in [1.165, 1.54) is 19.2 Å². The van der Waals surface area contributed by atoms with E-state index in [9.17, 15) is 13.2 Å². The van der Waals surface area contributed by atoms with Crippen LogP contribution >= 0.6 is 11.6 Å². The van der Waals surface area contributed by atoms with Crippen LogP contribution in [0.25, 0.3) is 5.76 Å². The fraction of sp³-hybridized carbons (Fsp3) is 0.200. The monoisotopic (exact) mass is 236 g/mol. The molecule has 0 spiro atoms. The molecule has 82 valence electrons. The summed E-state index contributed by atoms with van der Waals surface area (Å²) in [7, 11) is 1.34. The molecule has 1 aromatic rings. The molecule has 0 aliphatic rings. The number of hydrogen-bond donors (Lipinski definition) is 0. The molecule has 0 aromatic heterocycles. The van der Waals surface area contributed by atoms with E-state index in [1.54, 1.807) is 0 Å². The second-order valence-electron chi connectivity index (χ2n) is 2.82. The predicted octanol–water partition coefficient (Wildman–Crippen LogP) is 3.98. The Hall–Kier alpha value is -1.16. The van der Waals surface area contributed by atoms with Crippen molar-refractivity contribution in [1.29, 1.82) is 0 Å². The van der Waals surface area contributed by atoms with Gasteiger partial charge in [-0.25, -0.2) is 0 Å². The summed E-state index contributed by atoms with van der Waals surface area (Å²) >= 11 is 5.44. The molecule has 0 radical (unpaired) electrons. The Morgan fingerprint density at radius 2 is 2.00 bits per heavy atom. The third-order valence-electron chi connectivity index (χ3n) is 1.84. The van der Waals surface area contributed by atoms with Crippen LogP contribution in [0.5, 0.6) is 0 Å². The van der Waals surface area contributed by atoms with E-state index >= 15 is 0 Å². The number of ether oxygens (including phenoxy) is 1. The first-order chi connectivity index (χ1) is 6.86. The fourth-order valence-corrected chi connectivity index (χ4v) is 1.26. The molecular formula is C10H8ClF3O. The summed E-state index contributed by atoms with van der Waals surface area (Å²) in [5.74, 6) is 0.164. The molecule has 0 aliphatic carbocycles. The number of benzene rings is 1. The van der Waals surface area contributed by atoms with Crippen LogP contribution in [0.1, 0.15) is 11.1 Å². The van der Waals surface area contributed by atoms with Crippen molar-refractivity contribution in [3.8, 4) is 0 Å². The lowest BCUT2D eigenvalue weighted by Gasteiger charge is -2.11. The summed E-state index contributed by atoms with van der Waals surface area (Å²) in [5, 5.41) is -0.338. The molecule has 0 aliphatic heterocycles. The van der Waals surface area contributed by atoms with Crippen LogP contribution < -0.4 is 0 Å². The molecule has 1 nitrogen and oxygen atoms in total. The van der Waals surface area contributed by atoms with Crippen molar-refractivity contribution in [3.63, 3.8) is 0 Å². The molecule has 1 rings (SSSR count). The van der Waals surface area contributed by atoms with Crippen LogP contribution in [0.15, 0.2) is 24.8 Å². The number of rotatable bonds is 2. The number of halogens is 4. The SMILES string of the molecule is C=C(OC)c1ccc(Cl)c(C(F)(F)F)c1. The minimum atomic E-state index is -4.47. The average Bonchev–Trinajstić information content (AvgIpc) is 2.15. The Balaban J connectivity index is 3.23. The smallest absolute Gasteiger partial charge is 0.417 e. The molecule has 0 heterocycles. The van der Waals surface area contributed by atoms with Gasteiger partial charge in [-0.1, -0.05) is 18.2 Å². The maximum Gasteiger partial charge on any atom is 0.417 e. The summed E-state index contributed by atoms with van der Waals surface area (Å²) in [6.45, 7) is 3.46. The summed E-state index contributed by atoms with van der Waals surface area (Å²) in [6.07, 6.45) is -4.47. The topological polar surface area (TPSA) is 9.23 Å². The molecule has 0 N–H and O–H groups in total. The lowest BCUT2D eigenvalue weighted by molar-refractivity contribution is -0.137. The highest BCUT2D eigenvalue weighted by Gasteiger charge is 2.33. The molecule has 0 atom stereocenters. The van der Waals surface area contributed by atoms with Gasteiger partial charge in [0.1, 0.15) is 5.76 Å². The minimum absolute atomic E-state index is 0.164. The van der Waals surface area contributed by atoms with Gasteiger partial charge in [-0.2, -0.15) is 13.2 Å². The van der Waals surface area contributed by atoms with Crippen LogP contribution in [0.4, 0.5) is 13.2 Å². The van der Waals surface area contributed by atoms with E-state index in [0.717, 1.165) is 6.07 Å². The summed E-state index contributed by atoms with van der Waals surface area (Å²) < 4.78 is 42.1. The van der Waals surface area contributed by atoms with Gasteiger partial charge < -0.3 is 4.74 Å². The van der Waals surface area contributed by atoms with Crippen LogP contribution in [0, 0.1) is 0 Å². The lowest BCUT2D eigenvalue weighted by Crippen LogP contribution is -2.06. The molecule has 1 aromatic carbocycles.